The lowest BCUT2D eigenvalue weighted by molar-refractivity contribution is 0.628. The predicted molar refractivity (Wildman–Crippen MR) is 79.7 cm³/mol. The van der Waals surface area contributed by atoms with Gasteiger partial charge in [0.15, 0.2) is 0 Å². The van der Waals surface area contributed by atoms with Crippen molar-refractivity contribution in [2.75, 3.05) is 17.7 Å². The number of nitrogens with two attached hydrogens (primary N) is 1. The number of halogens is 1. The van der Waals surface area contributed by atoms with Crippen LogP contribution >= 0.6 is 0 Å². The summed E-state index contributed by atoms with van der Waals surface area (Å²) < 4.78 is 13.3. The molecule has 5 heteroatoms. The lowest BCUT2D eigenvalue weighted by Crippen LogP contribution is -2.16. The van der Waals surface area contributed by atoms with E-state index in [9.17, 15) is 4.39 Å². The molecule has 106 valence electrons. The van der Waals surface area contributed by atoms with Gasteiger partial charge in [0.1, 0.15) is 23.3 Å². The summed E-state index contributed by atoms with van der Waals surface area (Å²) in [7, 11) is 1.84. The van der Waals surface area contributed by atoms with Crippen LogP contribution in [-0.4, -0.2) is 17.0 Å². The van der Waals surface area contributed by atoms with E-state index in [4.69, 9.17) is 5.73 Å². The minimum Gasteiger partial charge on any atom is -0.383 e. The van der Waals surface area contributed by atoms with Crippen LogP contribution in [0.5, 0.6) is 0 Å². The molecule has 1 aromatic heterocycles. The van der Waals surface area contributed by atoms with Crippen molar-refractivity contribution in [2.24, 2.45) is 0 Å². The highest BCUT2D eigenvalue weighted by molar-refractivity contribution is 5.65. The molecule has 2 rings (SSSR count). The maximum absolute atomic E-state index is 13.3. The molecule has 1 heterocycles. The van der Waals surface area contributed by atoms with Crippen molar-refractivity contribution in [3.63, 3.8) is 0 Å². The van der Waals surface area contributed by atoms with Crippen molar-refractivity contribution in [3.8, 4) is 0 Å². The Kier molecular flexibility index (Phi) is 3.88. The molecule has 0 radical (unpaired) electrons. The minimum absolute atomic E-state index is 0.178. The fraction of sp³-hybridized carbons (Fsp3) is 0.333. The van der Waals surface area contributed by atoms with Gasteiger partial charge in [-0.25, -0.2) is 14.4 Å². The maximum Gasteiger partial charge on any atom is 0.141 e. The van der Waals surface area contributed by atoms with E-state index >= 15 is 0 Å². The Balaban J connectivity index is 2.51. The van der Waals surface area contributed by atoms with E-state index in [1.807, 2.05) is 38.8 Å². The molecule has 0 fully saturated rings. The lowest BCUT2D eigenvalue weighted by Gasteiger charge is -2.22. The van der Waals surface area contributed by atoms with E-state index in [0.717, 1.165) is 11.3 Å². The zero-order valence-electron chi connectivity index (χ0n) is 12.2. The van der Waals surface area contributed by atoms with Crippen LogP contribution in [0.25, 0.3) is 0 Å². The Labute approximate surface area is 118 Å². The Morgan fingerprint density at radius 2 is 1.95 bits per heavy atom. The van der Waals surface area contributed by atoms with Gasteiger partial charge in [0.05, 0.1) is 0 Å². The van der Waals surface area contributed by atoms with Gasteiger partial charge in [-0.15, -0.1) is 0 Å². The largest absolute Gasteiger partial charge is 0.383 e. The van der Waals surface area contributed by atoms with Crippen molar-refractivity contribution >= 4 is 17.3 Å². The van der Waals surface area contributed by atoms with Crippen LogP contribution in [0, 0.1) is 12.7 Å². The van der Waals surface area contributed by atoms with Gasteiger partial charge in [-0.05, 0) is 25.1 Å². The highest BCUT2D eigenvalue weighted by atomic mass is 19.1. The molecule has 0 atom stereocenters. The van der Waals surface area contributed by atoms with Gasteiger partial charge in [-0.2, -0.15) is 0 Å². The third-order valence-corrected chi connectivity index (χ3v) is 3.20. The van der Waals surface area contributed by atoms with Gasteiger partial charge in [-0.1, -0.05) is 19.9 Å². The van der Waals surface area contributed by atoms with E-state index in [1.165, 1.54) is 12.1 Å². The second kappa shape index (κ2) is 5.45. The molecule has 0 saturated heterocycles. The van der Waals surface area contributed by atoms with Crippen LogP contribution in [0.15, 0.2) is 24.3 Å². The molecule has 0 aliphatic rings. The van der Waals surface area contributed by atoms with Gasteiger partial charge in [0.25, 0.3) is 0 Å². The first-order valence-corrected chi connectivity index (χ1v) is 6.53. The van der Waals surface area contributed by atoms with E-state index in [1.54, 1.807) is 6.07 Å². The standard InChI is InChI=1S/C15H19FN4/c1-9(2)14-18-13(17)10(3)15(19-14)20(4)12-7-5-6-11(16)8-12/h5-9H,1-4H3,(H2,17,18,19). The van der Waals surface area contributed by atoms with Gasteiger partial charge in [0.2, 0.25) is 0 Å². The number of aromatic nitrogens is 2. The summed E-state index contributed by atoms with van der Waals surface area (Å²) in [6, 6.07) is 6.38. The molecule has 2 aromatic rings. The number of benzene rings is 1. The molecule has 0 saturated carbocycles. The Morgan fingerprint density at radius 3 is 2.55 bits per heavy atom. The third kappa shape index (κ3) is 2.71. The second-order valence-corrected chi connectivity index (χ2v) is 5.11. The van der Waals surface area contributed by atoms with Gasteiger partial charge >= 0.3 is 0 Å². The first-order valence-electron chi connectivity index (χ1n) is 6.53. The van der Waals surface area contributed by atoms with Gasteiger partial charge in [-0.3, -0.25) is 0 Å². The predicted octanol–water partition coefficient (Wildman–Crippen LogP) is 3.40. The van der Waals surface area contributed by atoms with Crippen LogP contribution in [-0.2, 0) is 0 Å². The molecule has 4 nitrogen and oxygen atoms in total. The number of hydrogen-bond acceptors (Lipinski definition) is 4. The molecule has 0 unspecified atom stereocenters. The number of nitrogen functional groups attached to an aromatic ring is 1. The van der Waals surface area contributed by atoms with Crippen LogP contribution in [0.1, 0.15) is 31.2 Å². The van der Waals surface area contributed by atoms with Crippen molar-refractivity contribution in [1.29, 1.82) is 0 Å². The van der Waals surface area contributed by atoms with Crippen molar-refractivity contribution in [3.05, 3.63) is 41.5 Å². The normalized spacial score (nSPS) is 10.9. The topological polar surface area (TPSA) is 55.0 Å². The van der Waals surface area contributed by atoms with Crippen molar-refractivity contribution in [2.45, 2.75) is 26.7 Å². The molecule has 2 N–H and O–H groups in total. The molecular formula is C15H19FN4. The summed E-state index contributed by atoms with van der Waals surface area (Å²) in [6.45, 7) is 5.89. The van der Waals surface area contributed by atoms with E-state index in [2.05, 4.69) is 9.97 Å². The first-order chi connectivity index (χ1) is 9.40. The average Bonchev–Trinajstić information content (AvgIpc) is 2.40. The third-order valence-electron chi connectivity index (χ3n) is 3.20. The van der Waals surface area contributed by atoms with E-state index in [-0.39, 0.29) is 11.7 Å². The molecule has 1 aromatic carbocycles. The van der Waals surface area contributed by atoms with E-state index < -0.39 is 0 Å². The SMILES string of the molecule is Cc1c(N)nc(C(C)C)nc1N(C)c1cccc(F)c1. The second-order valence-electron chi connectivity index (χ2n) is 5.11. The molecule has 0 bridgehead atoms. The quantitative estimate of drug-likeness (QED) is 0.932. The van der Waals surface area contributed by atoms with Crippen LogP contribution < -0.4 is 10.6 Å². The molecule has 0 spiro atoms. The van der Waals surface area contributed by atoms with E-state index in [0.29, 0.717) is 17.5 Å². The number of anilines is 3. The summed E-state index contributed by atoms with van der Waals surface area (Å²) >= 11 is 0. The summed E-state index contributed by atoms with van der Waals surface area (Å²) in [5, 5.41) is 0. The van der Waals surface area contributed by atoms with Crippen molar-refractivity contribution < 1.29 is 4.39 Å². The molecular weight excluding hydrogens is 255 g/mol. The summed E-state index contributed by atoms with van der Waals surface area (Å²) in [4.78, 5) is 10.7. The summed E-state index contributed by atoms with van der Waals surface area (Å²) in [5.41, 5.74) is 7.47. The van der Waals surface area contributed by atoms with Crippen LogP contribution in [0.2, 0.25) is 0 Å². The monoisotopic (exact) mass is 274 g/mol. The zero-order valence-corrected chi connectivity index (χ0v) is 12.2. The Morgan fingerprint density at radius 1 is 1.25 bits per heavy atom. The average molecular weight is 274 g/mol. The highest BCUT2D eigenvalue weighted by Crippen LogP contribution is 2.29. The number of nitrogens with zero attached hydrogens (tertiary/aromatic N) is 3. The fourth-order valence-corrected chi connectivity index (χ4v) is 1.93. The zero-order chi connectivity index (χ0) is 14.9. The maximum atomic E-state index is 13.3. The first kappa shape index (κ1) is 14.2. The van der Waals surface area contributed by atoms with Gasteiger partial charge < -0.3 is 10.6 Å². The van der Waals surface area contributed by atoms with Crippen LogP contribution in [0.3, 0.4) is 0 Å². The number of hydrogen-bond donors (Lipinski definition) is 1. The fourth-order valence-electron chi connectivity index (χ4n) is 1.93. The molecule has 0 aliphatic heterocycles. The summed E-state index contributed by atoms with van der Waals surface area (Å²) in [6.07, 6.45) is 0. The number of rotatable bonds is 3. The minimum atomic E-state index is -0.280. The Bertz CT molecular complexity index is 625. The molecule has 0 amide bonds. The molecule has 20 heavy (non-hydrogen) atoms. The smallest absolute Gasteiger partial charge is 0.141 e. The summed E-state index contributed by atoms with van der Waals surface area (Å²) in [5.74, 6) is 1.75. The molecule has 0 aliphatic carbocycles. The highest BCUT2D eigenvalue weighted by Gasteiger charge is 2.15. The van der Waals surface area contributed by atoms with Gasteiger partial charge in [0, 0.05) is 24.2 Å². The van der Waals surface area contributed by atoms with Crippen LogP contribution in [0.4, 0.5) is 21.7 Å². The van der Waals surface area contributed by atoms with Crippen molar-refractivity contribution in [1.82, 2.24) is 9.97 Å². The Hall–Kier alpha value is -2.17. The lowest BCUT2D eigenvalue weighted by atomic mass is 10.2.